The average molecular weight is 218 g/mol. The van der Waals surface area contributed by atoms with Crippen molar-refractivity contribution in [3.8, 4) is 0 Å². The fraction of sp³-hybridized carbons (Fsp3) is 0. The Hall–Kier alpha value is -0.340. The third-order valence-electron chi connectivity index (χ3n) is 1.12. The third-order valence-corrected chi connectivity index (χ3v) is 2.79. The number of hydrogen-bond donors (Lipinski definition) is 0. The topological polar surface area (TPSA) is 0 Å². The first kappa shape index (κ1) is 2.95. The maximum absolute atomic E-state index is 7.65. The van der Waals surface area contributed by atoms with Gasteiger partial charge in [-0.1, -0.05) is 12.1 Å². The van der Waals surface area contributed by atoms with Gasteiger partial charge in [0, 0.05) is 9.17 Å². The summed E-state index contributed by atoms with van der Waals surface area (Å²) < 4.78 is 38.8. The molecule has 0 N–H and O–H groups in total. The molecule has 0 fully saturated rings. The molecule has 0 spiro atoms. The smallest absolute Gasteiger partial charge is 0.0740 e. The van der Waals surface area contributed by atoms with Gasteiger partial charge in [0.2, 0.25) is 0 Å². The fourth-order valence-corrected chi connectivity index (χ4v) is 1.82. The van der Waals surface area contributed by atoms with E-state index in [1.54, 1.807) is 0 Å². The van der Waals surface area contributed by atoms with Crippen molar-refractivity contribution in [2.45, 2.75) is 0 Å². The van der Waals surface area contributed by atoms with Gasteiger partial charge in [-0.2, -0.15) is 0 Å². The van der Waals surface area contributed by atoms with Crippen molar-refractivity contribution in [3.63, 3.8) is 0 Å². The minimum Gasteiger partial charge on any atom is -0.143 e. The zero-order valence-corrected chi connectivity index (χ0v) is 7.19. The standard InChI is InChI=1S/C8H5BrS/c9-7-3-1-2-6-4-5-10-8(6)7/h1-5H/i1D,2D,3D,4D,5D. The van der Waals surface area contributed by atoms with Gasteiger partial charge in [0.05, 0.1) is 6.85 Å². The van der Waals surface area contributed by atoms with Gasteiger partial charge >= 0.3 is 0 Å². The second-order valence-corrected chi connectivity index (χ2v) is 3.33. The van der Waals surface area contributed by atoms with Crippen LogP contribution in [-0.4, -0.2) is 0 Å². The van der Waals surface area contributed by atoms with Crippen molar-refractivity contribution < 1.29 is 6.85 Å². The van der Waals surface area contributed by atoms with Crippen LogP contribution in [0, 0.1) is 0 Å². The fourth-order valence-electron chi connectivity index (χ4n) is 0.683. The molecule has 1 heterocycles. The van der Waals surface area contributed by atoms with Crippen LogP contribution in [0.25, 0.3) is 10.1 Å². The van der Waals surface area contributed by atoms with E-state index in [0.29, 0.717) is 9.17 Å². The van der Waals surface area contributed by atoms with Crippen molar-refractivity contribution >= 4 is 37.4 Å². The summed E-state index contributed by atoms with van der Waals surface area (Å²) in [5.41, 5.74) is 0. The lowest BCUT2D eigenvalue weighted by Gasteiger charge is -1.89. The Bertz CT molecular complexity index is 562. The lowest BCUT2D eigenvalue weighted by molar-refractivity contribution is 1.80. The number of fused-ring (bicyclic) bond motifs is 1. The quantitative estimate of drug-likeness (QED) is 0.632. The number of benzene rings is 1. The van der Waals surface area contributed by atoms with Gasteiger partial charge in [0.25, 0.3) is 0 Å². The van der Waals surface area contributed by atoms with Crippen molar-refractivity contribution in [2.75, 3.05) is 0 Å². The van der Waals surface area contributed by atoms with E-state index < -0.39 is 0 Å². The van der Waals surface area contributed by atoms with Gasteiger partial charge in [0.15, 0.2) is 0 Å². The third kappa shape index (κ3) is 0.879. The van der Waals surface area contributed by atoms with Gasteiger partial charge in [-0.15, -0.1) is 11.3 Å². The Kier molecular flexibility index (Phi) is 0.698. The summed E-state index contributed by atoms with van der Waals surface area (Å²) in [7, 11) is 0. The van der Waals surface area contributed by atoms with Crippen molar-refractivity contribution in [1.29, 1.82) is 0 Å². The Balaban J connectivity index is 3.07. The van der Waals surface area contributed by atoms with Crippen LogP contribution < -0.4 is 0 Å². The summed E-state index contributed by atoms with van der Waals surface area (Å²) in [6.07, 6.45) is 0. The lowest BCUT2D eigenvalue weighted by Crippen LogP contribution is -1.62. The predicted molar refractivity (Wildman–Crippen MR) is 49.5 cm³/mol. The number of halogens is 1. The summed E-state index contributed by atoms with van der Waals surface area (Å²) in [6, 6.07) is -0.443. The number of thiophene rings is 1. The Labute approximate surface area is 78.6 Å². The maximum atomic E-state index is 7.65. The molecule has 0 unspecified atom stereocenters. The van der Waals surface area contributed by atoms with E-state index in [0.717, 1.165) is 11.3 Å². The maximum Gasteiger partial charge on any atom is 0.0740 e. The molecule has 10 heavy (non-hydrogen) atoms. The van der Waals surface area contributed by atoms with E-state index in [9.17, 15) is 0 Å². The summed E-state index contributed by atoms with van der Waals surface area (Å²) in [5, 5.41) is 0.349. The van der Waals surface area contributed by atoms with Crippen LogP contribution in [0.2, 0.25) is 0 Å². The van der Waals surface area contributed by atoms with Crippen molar-refractivity contribution in [3.05, 3.63) is 34.0 Å². The van der Waals surface area contributed by atoms with Crippen LogP contribution in [0.15, 0.2) is 34.0 Å². The normalized spacial score (nSPS) is 17.5. The summed E-state index contributed by atoms with van der Waals surface area (Å²) >= 11 is 4.22. The molecular weight excluding hydrogens is 208 g/mol. The van der Waals surface area contributed by atoms with Gasteiger partial charge in [0.1, 0.15) is 0 Å². The molecule has 0 aliphatic carbocycles. The molecule has 0 radical (unpaired) electrons. The Morgan fingerprint density at radius 2 is 2.30 bits per heavy atom. The average Bonchev–Trinajstić information content (AvgIpc) is 2.50. The Morgan fingerprint density at radius 3 is 3.20 bits per heavy atom. The first-order chi connectivity index (χ1) is 6.95. The largest absolute Gasteiger partial charge is 0.143 e. The zero-order valence-electron chi connectivity index (χ0n) is 9.79. The molecule has 0 atom stereocenters. The molecule has 1 aromatic carbocycles. The van der Waals surface area contributed by atoms with Crippen LogP contribution in [0.3, 0.4) is 0 Å². The van der Waals surface area contributed by atoms with Gasteiger partial charge in [-0.05, 0) is 38.8 Å². The Morgan fingerprint density at radius 1 is 1.40 bits per heavy atom. The predicted octanol–water partition coefficient (Wildman–Crippen LogP) is 3.66. The molecule has 0 aliphatic rings. The molecule has 0 bridgehead atoms. The highest BCUT2D eigenvalue weighted by atomic mass is 79.9. The highest BCUT2D eigenvalue weighted by molar-refractivity contribution is 9.10. The summed E-state index contributed by atoms with van der Waals surface area (Å²) in [5.74, 6) is 0. The first-order valence-corrected chi connectivity index (χ1v) is 4.21. The minimum absolute atomic E-state index is 0.0331. The monoisotopic (exact) mass is 217 g/mol. The van der Waals surface area contributed by atoms with Gasteiger partial charge in [-0.25, -0.2) is 0 Å². The number of hydrogen-bond acceptors (Lipinski definition) is 1. The molecule has 2 heteroatoms. The molecule has 1 aromatic heterocycles. The lowest BCUT2D eigenvalue weighted by atomic mass is 10.3. The molecule has 0 aliphatic heterocycles. The molecule has 0 saturated heterocycles. The highest BCUT2D eigenvalue weighted by Gasteiger charge is 1.96. The first-order valence-electron chi connectivity index (χ1n) is 5.10. The minimum atomic E-state index is -0.208. The van der Waals surface area contributed by atoms with Crippen LogP contribution in [0.5, 0.6) is 0 Å². The van der Waals surface area contributed by atoms with E-state index >= 15 is 0 Å². The van der Waals surface area contributed by atoms with Crippen LogP contribution in [-0.2, 0) is 0 Å². The molecule has 0 nitrogen and oxygen atoms in total. The van der Waals surface area contributed by atoms with E-state index in [2.05, 4.69) is 15.9 Å². The summed E-state index contributed by atoms with van der Waals surface area (Å²) in [6.45, 7) is 0. The molecular formula is C8H5BrS. The second-order valence-electron chi connectivity index (χ2n) is 1.72. The molecule has 2 rings (SSSR count). The van der Waals surface area contributed by atoms with Gasteiger partial charge in [-0.3, -0.25) is 0 Å². The van der Waals surface area contributed by atoms with Crippen molar-refractivity contribution in [1.82, 2.24) is 0 Å². The van der Waals surface area contributed by atoms with Crippen LogP contribution in [0.4, 0.5) is 0 Å². The highest BCUT2D eigenvalue weighted by Crippen LogP contribution is 2.28. The molecule has 2 aromatic rings. The molecule has 50 valence electrons. The van der Waals surface area contributed by atoms with E-state index in [4.69, 9.17) is 6.85 Å². The van der Waals surface area contributed by atoms with E-state index in [1.807, 2.05) is 0 Å². The SMILES string of the molecule is [2H]c1sc2c(Br)c([2H])c([2H])c([2H])c2c1[2H]. The van der Waals surface area contributed by atoms with Crippen molar-refractivity contribution in [2.24, 2.45) is 0 Å². The number of rotatable bonds is 0. The summed E-state index contributed by atoms with van der Waals surface area (Å²) in [4.78, 5) is 0. The molecule has 0 saturated carbocycles. The van der Waals surface area contributed by atoms with Crippen LogP contribution >= 0.6 is 27.3 Å². The molecule has 0 amide bonds. The van der Waals surface area contributed by atoms with E-state index in [-0.39, 0.29) is 34.9 Å². The zero-order chi connectivity index (χ0) is 11.3. The van der Waals surface area contributed by atoms with Gasteiger partial charge < -0.3 is 0 Å². The van der Waals surface area contributed by atoms with E-state index in [1.165, 1.54) is 0 Å². The second kappa shape index (κ2) is 2.36. The van der Waals surface area contributed by atoms with Crippen LogP contribution in [0.1, 0.15) is 6.85 Å².